The molecule has 1 aromatic heterocycles. The molecular formula is C19H18FN3O2S. The maximum absolute atomic E-state index is 13.4. The van der Waals surface area contributed by atoms with Crippen LogP contribution in [0.1, 0.15) is 15.9 Å². The van der Waals surface area contributed by atoms with Crippen LogP contribution in [0.3, 0.4) is 0 Å². The van der Waals surface area contributed by atoms with E-state index in [4.69, 9.17) is 4.74 Å². The van der Waals surface area contributed by atoms with Crippen LogP contribution in [0.25, 0.3) is 10.2 Å². The molecule has 0 spiro atoms. The summed E-state index contributed by atoms with van der Waals surface area (Å²) in [5, 5.41) is 3.81. The van der Waals surface area contributed by atoms with E-state index in [1.54, 1.807) is 24.3 Å². The molecule has 134 valence electrons. The van der Waals surface area contributed by atoms with Crippen molar-refractivity contribution in [2.24, 2.45) is 0 Å². The number of anilines is 2. The average Bonchev–Trinajstić information content (AvgIpc) is 3.08. The molecule has 1 aliphatic rings. The maximum atomic E-state index is 13.4. The molecule has 5 nitrogen and oxygen atoms in total. The number of thiazole rings is 1. The smallest absolute Gasteiger partial charge is 0.256 e. The summed E-state index contributed by atoms with van der Waals surface area (Å²) in [5.74, 6) is -0.743. The van der Waals surface area contributed by atoms with Crippen molar-refractivity contribution in [3.05, 3.63) is 53.3 Å². The fourth-order valence-electron chi connectivity index (χ4n) is 2.92. The Bertz CT molecular complexity index is 967. The zero-order valence-electron chi connectivity index (χ0n) is 14.3. The van der Waals surface area contributed by atoms with Gasteiger partial charge < -0.3 is 15.0 Å². The van der Waals surface area contributed by atoms with Crippen molar-refractivity contribution in [2.45, 2.75) is 6.92 Å². The Morgan fingerprint density at radius 2 is 2.04 bits per heavy atom. The third kappa shape index (κ3) is 3.40. The van der Waals surface area contributed by atoms with Gasteiger partial charge in [0.05, 0.1) is 23.4 Å². The van der Waals surface area contributed by atoms with Crippen LogP contribution >= 0.6 is 11.3 Å². The summed E-state index contributed by atoms with van der Waals surface area (Å²) in [4.78, 5) is 19.3. The molecule has 1 fully saturated rings. The Labute approximate surface area is 154 Å². The predicted molar refractivity (Wildman–Crippen MR) is 102 cm³/mol. The minimum absolute atomic E-state index is 0.320. The number of nitrogens with zero attached hydrogens (tertiary/aromatic N) is 2. The van der Waals surface area contributed by atoms with Crippen molar-refractivity contribution in [2.75, 3.05) is 36.5 Å². The van der Waals surface area contributed by atoms with Gasteiger partial charge in [0.25, 0.3) is 5.91 Å². The lowest BCUT2D eigenvalue weighted by Crippen LogP contribution is -2.36. The lowest BCUT2D eigenvalue weighted by molar-refractivity contribution is 0.102. The second-order valence-electron chi connectivity index (χ2n) is 6.19. The van der Waals surface area contributed by atoms with E-state index in [1.165, 1.54) is 12.1 Å². The molecule has 0 bridgehead atoms. The molecule has 1 saturated heterocycles. The summed E-state index contributed by atoms with van der Waals surface area (Å²) in [6, 6.07) is 9.82. The monoisotopic (exact) mass is 371 g/mol. The number of hydrogen-bond acceptors (Lipinski definition) is 5. The molecule has 0 unspecified atom stereocenters. The van der Waals surface area contributed by atoms with E-state index in [0.717, 1.165) is 34.0 Å². The number of amides is 1. The highest BCUT2D eigenvalue weighted by atomic mass is 32.1. The maximum Gasteiger partial charge on any atom is 0.256 e. The molecular weight excluding hydrogens is 353 g/mol. The van der Waals surface area contributed by atoms with Crippen LogP contribution in [0.15, 0.2) is 36.4 Å². The predicted octanol–water partition coefficient (Wildman–Crippen LogP) is 3.83. The molecule has 0 saturated carbocycles. The number of carbonyl (C=O) groups excluding carboxylic acids is 1. The first kappa shape index (κ1) is 16.9. The van der Waals surface area contributed by atoms with Gasteiger partial charge in [-0.25, -0.2) is 9.37 Å². The molecule has 2 aromatic carbocycles. The van der Waals surface area contributed by atoms with Gasteiger partial charge in [0.1, 0.15) is 5.82 Å². The molecule has 1 N–H and O–H groups in total. The van der Waals surface area contributed by atoms with Gasteiger partial charge >= 0.3 is 0 Å². The Morgan fingerprint density at radius 1 is 1.23 bits per heavy atom. The molecule has 2 heterocycles. The van der Waals surface area contributed by atoms with E-state index in [-0.39, 0.29) is 5.91 Å². The van der Waals surface area contributed by atoms with Gasteiger partial charge in [0.15, 0.2) is 5.13 Å². The van der Waals surface area contributed by atoms with Crippen LogP contribution in [0.5, 0.6) is 0 Å². The van der Waals surface area contributed by atoms with Gasteiger partial charge in [-0.1, -0.05) is 17.4 Å². The van der Waals surface area contributed by atoms with Crippen molar-refractivity contribution < 1.29 is 13.9 Å². The fraction of sp³-hybridized carbons (Fsp3) is 0.263. The van der Waals surface area contributed by atoms with Crippen molar-refractivity contribution >= 4 is 38.3 Å². The SMILES string of the molecule is Cc1ccc(F)cc1C(=O)Nc1ccc2nc(N3CCOCC3)sc2c1. The fourth-order valence-corrected chi connectivity index (χ4v) is 3.97. The zero-order valence-corrected chi connectivity index (χ0v) is 15.1. The summed E-state index contributed by atoms with van der Waals surface area (Å²) in [7, 11) is 0. The number of aryl methyl sites for hydroxylation is 1. The van der Waals surface area contributed by atoms with Crippen molar-refractivity contribution in [1.29, 1.82) is 0 Å². The number of benzene rings is 2. The summed E-state index contributed by atoms with van der Waals surface area (Å²) in [6.07, 6.45) is 0. The standard InChI is InChI=1S/C19H18FN3O2S/c1-12-2-3-13(20)10-15(12)18(24)21-14-4-5-16-17(11-14)26-19(22-16)23-6-8-25-9-7-23/h2-5,10-11H,6-9H2,1H3,(H,21,24). The summed E-state index contributed by atoms with van der Waals surface area (Å²) in [6.45, 7) is 4.88. The first-order chi connectivity index (χ1) is 12.6. The van der Waals surface area contributed by atoms with E-state index >= 15 is 0 Å². The molecule has 1 aliphatic heterocycles. The Kier molecular flexibility index (Phi) is 4.57. The van der Waals surface area contributed by atoms with Crippen LogP contribution in [0.4, 0.5) is 15.2 Å². The van der Waals surface area contributed by atoms with E-state index in [2.05, 4.69) is 15.2 Å². The van der Waals surface area contributed by atoms with E-state index < -0.39 is 5.82 Å². The Balaban J connectivity index is 1.57. The highest BCUT2D eigenvalue weighted by Crippen LogP contribution is 2.31. The Hall–Kier alpha value is -2.51. The summed E-state index contributed by atoms with van der Waals surface area (Å²) in [5.41, 5.74) is 2.64. The van der Waals surface area contributed by atoms with Gasteiger partial charge in [-0.2, -0.15) is 0 Å². The lowest BCUT2D eigenvalue weighted by Gasteiger charge is -2.25. The second-order valence-corrected chi connectivity index (χ2v) is 7.20. The molecule has 7 heteroatoms. The van der Waals surface area contributed by atoms with Crippen molar-refractivity contribution in [3.8, 4) is 0 Å². The topological polar surface area (TPSA) is 54.5 Å². The molecule has 0 aliphatic carbocycles. The molecule has 0 radical (unpaired) electrons. The second kappa shape index (κ2) is 7.01. The lowest BCUT2D eigenvalue weighted by atomic mass is 10.1. The van der Waals surface area contributed by atoms with Crippen molar-refractivity contribution in [3.63, 3.8) is 0 Å². The van der Waals surface area contributed by atoms with Crippen LogP contribution in [0.2, 0.25) is 0 Å². The number of ether oxygens (including phenoxy) is 1. The highest BCUT2D eigenvalue weighted by molar-refractivity contribution is 7.22. The van der Waals surface area contributed by atoms with Gasteiger partial charge in [-0.05, 0) is 42.8 Å². The quantitative estimate of drug-likeness (QED) is 0.760. The van der Waals surface area contributed by atoms with Crippen LogP contribution in [-0.2, 0) is 4.74 Å². The number of halogens is 1. The number of nitrogens with one attached hydrogen (secondary N) is 1. The minimum Gasteiger partial charge on any atom is -0.378 e. The van der Waals surface area contributed by atoms with Gasteiger partial charge in [0.2, 0.25) is 0 Å². The van der Waals surface area contributed by atoms with Crippen molar-refractivity contribution in [1.82, 2.24) is 4.98 Å². The minimum atomic E-state index is -0.422. The van der Waals surface area contributed by atoms with Gasteiger partial charge in [-0.15, -0.1) is 0 Å². The van der Waals surface area contributed by atoms with Crippen LogP contribution in [-0.4, -0.2) is 37.2 Å². The third-order valence-corrected chi connectivity index (χ3v) is 5.44. The number of fused-ring (bicyclic) bond motifs is 1. The Morgan fingerprint density at radius 3 is 2.85 bits per heavy atom. The first-order valence-electron chi connectivity index (χ1n) is 8.41. The molecule has 1 amide bonds. The molecule has 3 aromatic rings. The van der Waals surface area contributed by atoms with Crippen LogP contribution < -0.4 is 10.2 Å². The number of morpholine rings is 1. The average molecular weight is 371 g/mol. The summed E-state index contributed by atoms with van der Waals surface area (Å²) < 4.78 is 19.8. The summed E-state index contributed by atoms with van der Waals surface area (Å²) >= 11 is 1.59. The zero-order chi connectivity index (χ0) is 18.1. The van der Waals surface area contributed by atoms with Gasteiger partial charge in [-0.3, -0.25) is 4.79 Å². The first-order valence-corrected chi connectivity index (χ1v) is 9.22. The molecule has 26 heavy (non-hydrogen) atoms. The van der Waals surface area contributed by atoms with E-state index in [9.17, 15) is 9.18 Å². The largest absolute Gasteiger partial charge is 0.378 e. The van der Waals surface area contributed by atoms with Crippen LogP contribution in [0, 0.1) is 12.7 Å². The van der Waals surface area contributed by atoms with Gasteiger partial charge in [0, 0.05) is 24.3 Å². The number of hydrogen-bond donors (Lipinski definition) is 1. The number of aromatic nitrogens is 1. The third-order valence-electron chi connectivity index (χ3n) is 4.36. The molecule has 0 atom stereocenters. The number of carbonyl (C=O) groups is 1. The van der Waals surface area contributed by atoms with E-state index in [1.807, 2.05) is 18.2 Å². The number of rotatable bonds is 3. The highest BCUT2D eigenvalue weighted by Gasteiger charge is 2.16. The van der Waals surface area contributed by atoms with E-state index in [0.29, 0.717) is 24.5 Å². The molecule has 4 rings (SSSR count). The normalized spacial score (nSPS) is 14.6.